The lowest BCUT2D eigenvalue weighted by atomic mass is 9.98. The molecule has 45 heavy (non-hydrogen) atoms. The molecule has 0 fully saturated rings. The number of anilines is 1. The number of aromatic nitrogens is 1. The van der Waals surface area contributed by atoms with E-state index < -0.39 is 0 Å². The minimum Gasteiger partial charge on any atom is -0.495 e. The predicted molar refractivity (Wildman–Crippen MR) is 179 cm³/mol. The van der Waals surface area contributed by atoms with Crippen molar-refractivity contribution >= 4 is 33.4 Å². The SMILES string of the molecule is COc1cc(CCCN2CCc3cc(OC)c(OC)cc3C2)ccc1NC(=O)Cc1cccc2c(=O)c3cccc(C)c3[nH]c12. The normalized spacial score (nSPS) is 13.1. The Hall–Kier alpha value is -4.82. The number of aromatic amines is 1. The molecule has 5 aromatic rings. The van der Waals surface area contributed by atoms with Crippen LogP contribution in [0.5, 0.6) is 17.2 Å². The van der Waals surface area contributed by atoms with E-state index in [4.69, 9.17) is 14.2 Å². The molecule has 4 aromatic carbocycles. The molecule has 0 saturated carbocycles. The lowest BCUT2D eigenvalue weighted by Crippen LogP contribution is -2.31. The summed E-state index contributed by atoms with van der Waals surface area (Å²) in [5.41, 5.74) is 7.60. The molecule has 1 aliphatic heterocycles. The Morgan fingerprint density at radius 2 is 1.58 bits per heavy atom. The van der Waals surface area contributed by atoms with E-state index in [0.29, 0.717) is 27.7 Å². The third-order valence-electron chi connectivity index (χ3n) is 8.79. The number of benzene rings is 4. The number of aryl methyl sites for hydroxylation is 2. The maximum atomic E-state index is 13.2. The van der Waals surface area contributed by atoms with Crippen LogP contribution in [0.4, 0.5) is 5.69 Å². The quantitative estimate of drug-likeness (QED) is 0.185. The van der Waals surface area contributed by atoms with E-state index in [1.54, 1.807) is 27.4 Å². The first-order chi connectivity index (χ1) is 21.9. The molecule has 0 radical (unpaired) electrons. The molecule has 0 unspecified atom stereocenters. The predicted octanol–water partition coefficient (Wildman–Crippen LogP) is 6.19. The van der Waals surface area contributed by atoms with E-state index in [1.165, 1.54) is 11.1 Å². The minimum atomic E-state index is -0.182. The number of methoxy groups -OCH3 is 3. The molecular formula is C37H39N3O5. The summed E-state index contributed by atoms with van der Waals surface area (Å²) in [5, 5.41) is 4.24. The minimum absolute atomic E-state index is 0.0343. The highest BCUT2D eigenvalue weighted by Gasteiger charge is 2.20. The van der Waals surface area contributed by atoms with E-state index in [2.05, 4.69) is 27.3 Å². The van der Waals surface area contributed by atoms with E-state index in [-0.39, 0.29) is 17.8 Å². The van der Waals surface area contributed by atoms with Crippen molar-refractivity contribution in [3.8, 4) is 17.2 Å². The lowest BCUT2D eigenvalue weighted by molar-refractivity contribution is -0.115. The van der Waals surface area contributed by atoms with Crippen LogP contribution in [0.2, 0.25) is 0 Å². The number of hydrogen-bond acceptors (Lipinski definition) is 6. The number of nitrogens with zero attached hydrogens (tertiary/aromatic N) is 1. The molecule has 8 nitrogen and oxygen atoms in total. The van der Waals surface area contributed by atoms with Crippen molar-refractivity contribution in [1.82, 2.24) is 9.88 Å². The molecule has 2 heterocycles. The second-order valence-corrected chi connectivity index (χ2v) is 11.7. The molecule has 8 heteroatoms. The van der Waals surface area contributed by atoms with Gasteiger partial charge in [-0.15, -0.1) is 0 Å². The number of amides is 1. The van der Waals surface area contributed by atoms with Crippen molar-refractivity contribution in [3.05, 3.63) is 105 Å². The summed E-state index contributed by atoms with van der Waals surface area (Å²) in [4.78, 5) is 32.3. The van der Waals surface area contributed by atoms with Gasteiger partial charge in [-0.2, -0.15) is 0 Å². The number of fused-ring (bicyclic) bond motifs is 3. The molecule has 0 atom stereocenters. The van der Waals surface area contributed by atoms with Gasteiger partial charge in [-0.05, 0) is 96.9 Å². The second-order valence-electron chi connectivity index (χ2n) is 11.7. The number of H-pyrrole nitrogens is 1. The standard InChI is InChI=1S/C37H39N3O5/c1-23-8-5-11-28-35(23)39-36-26(10-6-12-29(36)37(28)42)21-34(41)38-30-14-13-24(18-31(30)43-2)9-7-16-40-17-15-25-19-32(44-3)33(45-4)20-27(25)22-40/h5-6,8,10-14,18-20H,7,9,15-17,21-22H2,1-4H3,(H,38,41)(H,39,42). The van der Waals surface area contributed by atoms with Crippen molar-refractivity contribution in [2.45, 2.75) is 39.2 Å². The maximum absolute atomic E-state index is 13.2. The van der Waals surface area contributed by atoms with Crippen LogP contribution in [0.15, 0.2) is 71.5 Å². The lowest BCUT2D eigenvalue weighted by Gasteiger charge is -2.29. The Kier molecular flexibility index (Phi) is 8.76. The maximum Gasteiger partial charge on any atom is 0.228 e. The van der Waals surface area contributed by atoms with Crippen molar-refractivity contribution < 1.29 is 19.0 Å². The summed E-state index contributed by atoms with van der Waals surface area (Å²) in [6, 6.07) is 21.4. The van der Waals surface area contributed by atoms with Gasteiger partial charge in [0.1, 0.15) is 5.75 Å². The Morgan fingerprint density at radius 1 is 0.867 bits per heavy atom. The molecule has 2 N–H and O–H groups in total. The monoisotopic (exact) mass is 605 g/mol. The number of hydrogen-bond donors (Lipinski definition) is 2. The van der Waals surface area contributed by atoms with Crippen molar-refractivity contribution in [3.63, 3.8) is 0 Å². The van der Waals surface area contributed by atoms with Crippen LogP contribution in [0.1, 0.15) is 34.2 Å². The topological polar surface area (TPSA) is 92.9 Å². The molecule has 232 valence electrons. The Labute approximate surface area is 262 Å². The second kappa shape index (κ2) is 13.0. The van der Waals surface area contributed by atoms with Crippen LogP contribution in [-0.4, -0.2) is 50.2 Å². The zero-order valence-electron chi connectivity index (χ0n) is 26.3. The van der Waals surface area contributed by atoms with E-state index in [1.807, 2.05) is 55.5 Å². The third-order valence-corrected chi connectivity index (χ3v) is 8.79. The number of nitrogens with one attached hydrogen (secondary N) is 2. The average molecular weight is 606 g/mol. The number of carbonyl (C=O) groups is 1. The van der Waals surface area contributed by atoms with Crippen LogP contribution >= 0.6 is 0 Å². The summed E-state index contributed by atoms with van der Waals surface area (Å²) in [6.45, 7) is 4.86. The zero-order valence-corrected chi connectivity index (χ0v) is 26.3. The highest BCUT2D eigenvalue weighted by molar-refractivity contribution is 5.99. The summed E-state index contributed by atoms with van der Waals surface area (Å²) in [6.07, 6.45) is 3.01. The fourth-order valence-corrected chi connectivity index (χ4v) is 6.38. The molecule has 0 aliphatic carbocycles. The van der Waals surface area contributed by atoms with Gasteiger partial charge in [0.2, 0.25) is 5.91 Å². The van der Waals surface area contributed by atoms with Gasteiger partial charge in [-0.3, -0.25) is 14.5 Å². The molecule has 0 spiro atoms. The van der Waals surface area contributed by atoms with Gasteiger partial charge >= 0.3 is 0 Å². The molecule has 0 saturated heterocycles. The zero-order chi connectivity index (χ0) is 31.5. The van der Waals surface area contributed by atoms with Gasteiger partial charge in [0, 0.05) is 23.9 Å². The first-order valence-corrected chi connectivity index (χ1v) is 15.3. The van der Waals surface area contributed by atoms with Crippen molar-refractivity contribution in [2.75, 3.05) is 39.7 Å². The summed E-state index contributed by atoms with van der Waals surface area (Å²) in [5.74, 6) is 2.00. The van der Waals surface area contributed by atoms with Crippen LogP contribution in [0, 0.1) is 6.92 Å². The number of carbonyl (C=O) groups excluding carboxylic acids is 1. The van der Waals surface area contributed by atoms with Crippen LogP contribution < -0.4 is 25.0 Å². The van der Waals surface area contributed by atoms with Crippen LogP contribution in [0.3, 0.4) is 0 Å². The van der Waals surface area contributed by atoms with Crippen LogP contribution in [0.25, 0.3) is 21.8 Å². The average Bonchev–Trinajstić information content (AvgIpc) is 3.05. The van der Waals surface area contributed by atoms with Gasteiger partial charge in [-0.25, -0.2) is 0 Å². The van der Waals surface area contributed by atoms with Gasteiger partial charge in [0.25, 0.3) is 0 Å². The Balaban J connectivity index is 1.09. The molecule has 1 aliphatic rings. The van der Waals surface area contributed by atoms with Crippen molar-refractivity contribution in [2.24, 2.45) is 0 Å². The van der Waals surface area contributed by atoms with Gasteiger partial charge in [-0.1, -0.05) is 30.3 Å². The number of pyridine rings is 1. The first kappa shape index (κ1) is 30.2. The van der Waals surface area contributed by atoms with Gasteiger partial charge in [0.05, 0.1) is 44.5 Å². The molecule has 1 amide bonds. The third kappa shape index (κ3) is 6.24. The molecular weight excluding hydrogens is 566 g/mol. The molecule has 6 rings (SSSR count). The highest BCUT2D eigenvalue weighted by atomic mass is 16.5. The largest absolute Gasteiger partial charge is 0.495 e. The first-order valence-electron chi connectivity index (χ1n) is 15.3. The van der Waals surface area contributed by atoms with Gasteiger partial charge < -0.3 is 24.5 Å². The number of rotatable bonds is 10. The smallest absolute Gasteiger partial charge is 0.228 e. The number of ether oxygens (including phenoxy) is 3. The van der Waals surface area contributed by atoms with E-state index >= 15 is 0 Å². The highest BCUT2D eigenvalue weighted by Crippen LogP contribution is 2.33. The van der Waals surface area contributed by atoms with Crippen LogP contribution in [-0.2, 0) is 30.6 Å². The molecule has 0 bridgehead atoms. The van der Waals surface area contributed by atoms with Gasteiger partial charge in [0.15, 0.2) is 16.9 Å². The van der Waals surface area contributed by atoms with E-state index in [9.17, 15) is 9.59 Å². The summed E-state index contributed by atoms with van der Waals surface area (Å²) < 4.78 is 16.6. The molecule has 1 aromatic heterocycles. The fourth-order valence-electron chi connectivity index (χ4n) is 6.38. The van der Waals surface area contributed by atoms with E-state index in [0.717, 1.165) is 72.6 Å². The van der Waals surface area contributed by atoms with Crippen molar-refractivity contribution in [1.29, 1.82) is 0 Å². The summed E-state index contributed by atoms with van der Waals surface area (Å²) in [7, 11) is 4.96. The summed E-state index contributed by atoms with van der Waals surface area (Å²) >= 11 is 0. The fraction of sp³-hybridized carbons (Fsp3) is 0.297. The Bertz CT molecular complexity index is 1950. The Morgan fingerprint density at radius 3 is 2.33 bits per heavy atom. The number of para-hydroxylation sites is 2.